The largest absolute Gasteiger partial charge is 0.320 e. The Hall–Kier alpha value is -2.20. The first-order valence-corrected chi connectivity index (χ1v) is 9.16. The van der Waals surface area contributed by atoms with E-state index in [9.17, 15) is 4.79 Å². The molecule has 1 N–H and O–H groups in total. The quantitative estimate of drug-likeness (QED) is 0.879. The van der Waals surface area contributed by atoms with Gasteiger partial charge in [0.1, 0.15) is 5.69 Å². The highest BCUT2D eigenvalue weighted by atomic mass is 16.1. The van der Waals surface area contributed by atoms with Crippen LogP contribution in [-0.2, 0) is 6.54 Å². The molecule has 0 aliphatic heterocycles. The molecule has 25 heavy (non-hydrogen) atoms. The number of hydrogen-bond donors (Lipinski definition) is 1. The minimum atomic E-state index is -0.156. The van der Waals surface area contributed by atoms with Gasteiger partial charge in [0.15, 0.2) is 0 Å². The second-order valence-corrected chi connectivity index (χ2v) is 6.98. The predicted molar refractivity (Wildman–Crippen MR) is 102 cm³/mol. The van der Waals surface area contributed by atoms with Crippen molar-refractivity contribution in [3.63, 3.8) is 0 Å². The summed E-state index contributed by atoms with van der Waals surface area (Å²) in [7, 11) is 2.19. The lowest BCUT2D eigenvalue weighted by atomic mass is 9.94. The van der Waals surface area contributed by atoms with Gasteiger partial charge in [0.05, 0.1) is 0 Å². The van der Waals surface area contributed by atoms with Gasteiger partial charge in [0.2, 0.25) is 0 Å². The van der Waals surface area contributed by atoms with Crippen LogP contribution in [0.3, 0.4) is 0 Å². The van der Waals surface area contributed by atoms with Crippen molar-refractivity contribution in [2.45, 2.75) is 51.6 Å². The molecule has 0 saturated heterocycles. The normalized spacial score (nSPS) is 15.3. The van der Waals surface area contributed by atoms with Gasteiger partial charge in [-0.25, -0.2) is 4.98 Å². The van der Waals surface area contributed by atoms with Crippen LogP contribution in [0, 0.1) is 6.92 Å². The molecule has 132 valence electrons. The van der Waals surface area contributed by atoms with Crippen molar-refractivity contribution in [2.75, 3.05) is 12.4 Å². The highest BCUT2D eigenvalue weighted by Crippen LogP contribution is 2.25. The Kier molecular flexibility index (Phi) is 5.82. The van der Waals surface area contributed by atoms with Crippen molar-refractivity contribution in [3.8, 4) is 0 Å². The number of hydrogen-bond acceptors (Lipinski definition) is 3. The van der Waals surface area contributed by atoms with Crippen molar-refractivity contribution in [1.82, 2.24) is 9.88 Å². The van der Waals surface area contributed by atoms with Crippen molar-refractivity contribution >= 4 is 11.6 Å². The number of anilines is 1. The summed E-state index contributed by atoms with van der Waals surface area (Å²) in [6.45, 7) is 2.74. The average molecular weight is 337 g/mol. The van der Waals surface area contributed by atoms with Gasteiger partial charge in [-0.15, -0.1) is 0 Å². The van der Waals surface area contributed by atoms with Gasteiger partial charge in [-0.1, -0.05) is 43.5 Å². The Balaban J connectivity index is 1.71. The van der Waals surface area contributed by atoms with Crippen LogP contribution >= 0.6 is 0 Å². The summed E-state index contributed by atoms with van der Waals surface area (Å²) in [6.07, 6.45) is 6.57. The third-order valence-electron chi connectivity index (χ3n) is 5.00. The average Bonchev–Trinajstić information content (AvgIpc) is 2.64. The molecular formula is C21H27N3O. The lowest BCUT2D eigenvalue weighted by Crippen LogP contribution is -2.33. The summed E-state index contributed by atoms with van der Waals surface area (Å²) >= 11 is 0. The Morgan fingerprint density at radius 2 is 1.88 bits per heavy atom. The number of benzene rings is 1. The van der Waals surface area contributed by atoms with E-state index in [1.165, 1.54) is 32.1 Å². The highest BCUT2D eigenvalue weighted by molar-refractivity contribution is 6.03. The molecule has 4 nitrogen and oxygen atoms in total. The third kappa shape index (κ3) is 4.67. The molecule has 1 amide bonds. The maximum Gasteiger partial charge on any atom is 0.274 e. The van der Waals surface area contributed by atoms with E-state index in [1.54, 1.807) is 6.07 Å². The monoisotopic (exact) mass is 337 g/mol. The Bertz CT molecular complexity index is 723. The molecule has 1 aliphatic carbocycles. The van der Waals surface area contributed by atoms with Crippen LogP contribution in [-0.4, -0.2) is 28.9 Å². The minimum Gasteiger partial charge on any atom is -0.320 e. The zero-order valence-electron chi connectivity index (χ0n) is 15.2. The summed E-state index contributed by atoms with van der Waals surface area (Å²) in [6, 6.07) is 14.2. The molecule has 1 saturated carbocycles. The number of rotatable bonds is 5. The lowest BCUT2D eigenvalue weighted by Gasteiger charge is -2.31. The van der Waals surface area contributed by atoms with E-state index in [2.05, 4.69) is 28.3 Å². The predicted octanol–water partition coefficient (Wildman–Crippen LogP) is 4.41. The van der Waals surface area contributed by atoms with Crippen LogP contribution in [0.25, 0.3) is 0 Å². The van der Waals surface area contributed by atoms with Crippen LogP contribution in [0.2, 0.25) is 0 Å². The summed E-state index contributed by atoms with van der Waals surface area (Å²) in [4.78, 5) is 19.3. The highest BCUT2D eigenvalue weighted by Gasteiger charge is 2.19. The molecule has 0 atom stereocenters. The first-order chi connectivity index (χ1) is 12.1. The van der Waals surface area contributed by atoms with Crippen molar-refractivity contribution in [3.05, 3.63) is 59.4 Å². The Morgan fingerprint density at radius 1 is 1.12 bits per heavy atom. The number of aryl methyl sites for hydroxylation is 1. The van der Waals surface area contributed by atoms with Crippen molar-refractivity contribution in [1.29, 1.82) is 0 Å². The molecule has 1 aliphatic rings. The van der Waals surface area contributed by atoms with Crippen molar-refractivity contribution < 1.29 is 4.79 Å². The van der Waals surface area contributed by atoms with Gasteiger partial charge in [-0.3, -0.25) is 9.69 Å². The molecule has 0 radical (unpaired) electrons. The molecule has 1 heterocycles. The number of pyridine rings is 1. The number of nitrogens with zero attached hydrogens (tertiary/aromatic N) is 2. The third-order valence-corrected chi connectivity index (χ3v) is 5.00. The van der Waals surface area contributed by atoms with E-state index in [-0.39, 0.29) is 5.91 Å². The number of para-hydroxylation sites is 1. The number of nitrogens with one attached hydrogen (secondary N) is 1. The standard InChI is InChI=1S/C21H27N3O/c1-16-9-8-14-20(22-16)21(25)23-19-13-7-6-10-17(19)15-24(2)18-11-4-3-5-12-18/h6-10,13-14,18H,3-5,11-12,15H2,1-2H3,(H,23,25). The second kappa shape index (κ2) is 8.26. The van der Waals surface area contributed by atoms with Crippen LogP contribution in [0.15, 0.2) is 42.5 Å². The van der Waals surface area contributed by atoms with Gasteiger partial charge in [0, 0.05) is 24.0 Å². The maximum atomic E-state index is 12.5. The van der Waals surface area contributed by atoms with Crippen molar-refractivity contribution in [2.24, 2.45) is 0 Å². The molecular weight excluding hydrogens is 310 g/mol. The fraction of sp³-hybridized carbons (Fsp3) is 0.429. The minimum absolute atomic E-state index is 0.156. The molecule has 1 aromatic heterocycles. The number of carbonyl (C=O) groups excluding carboxylic acids is 1. The topological polar surface area (TPSA) is 45.2 Å². The second-order valence-electron chi connectivity index (χ2n) is 6.98. The first kappa shape index (κ1) is 17.6. The Morgan fingerprint density at radius 3 is 2.64 bits per heavy atom. The van der Waals surface area contributed by atoms with E-state index >= 15 is 0 Å². The molecule has 4 heteroatoms. The van der Waals surface area contributed by atoms with Gasteiger partial charge < -0.3 is 5.32 Å². The summed E-state index contributed by atoms with van der Waals surface area (Å²) in [5.41, 5.74) is 3.32. The van der Waals surface area contributed by atoms with E-state index in [0.717, 1.165) is 23.5 Å². The van der Waals surface area contributed by atoms with E-state index in [0.29, 0.717) is 11.7 Å². The molecule has 0 bridgehead atoms. The Labute approximate surface area is 150 Å². The van der Waals surface area contributed by atoms with Crippen LogP contribution in [0.4, 0.5) is 5.69 Å². The van der Waals surface area contributed by atoms with E-state index < -0.39 is 0 Å². The molecule has 1 aromatic carbocycles. The van der Waals surface area contributed by atoms with Gasteiger partial charge >= 0.3 is 0 Å². The van der Waals surface area contributed by atoms with Crippen LogP contribution in [0.5, 0.6) is 0 Å². The van der Waals surface area contributed by atoms with Gasteiger partial charge in [0.25, 0.3) is 5.91 Å². The molecule has 0 spiro atoms. The van der Waals surface area contributed by atoms with Gasteiger partial charge in [-0.2, -0.15) is 0 Å². The molecule has 1 fully saturated rings. The summed E-state index contributed by atoms with van der Waals surface area (Å²) < 4.78 is 0. The number of carbonyl (C=O) groups is 1. The maximum absolute atomic E-state index is 12.5. The van der Waals surface area contributed by atoms with Crippen LogP contribution < -0.4 is 5.32 Å². The van der Waals surface area contributed by atoms with E-state index in [1.807, 2.05) is 37.3 Å². The number of amides is 1. The van der Waals surface area contributed by atoms with Gasteiger partial charge in [-0.05, 0) is 50.6 Å². The fourth-order valence-electron chi connectivity index (χ4n) is 3.56. The smallest absolute Gasteiger partial charge is 0.274 e. The SMILES string of the molecule is Cc1cccc(C(=O)Nc2ccccc2CN(C)C2CCCCC2)n1. The summed E-state index contributed by atoms with van der Waals surface area (Å²) in [5.74, 6) is -0.156. The zero-order valence-corrected chi connectivity index (χ0v) is 15.2. The molecule has 0 unspecified atom stereocenters. The molecule has 2 aromatic rings. The molecule has 3 rings (SSSR count). The van der Waals surface area contributed by atoms with E-state index in [4.69, 9.17) is 0 Å². The lowest BCUT2D eigenvalue weighted by molar-refractivity contribution is 0.102. The summed E-state index contributed by atoms with van der Waals surface area (Å²) in [5, 5.41) is 3.03. The fourth-order valence-corrected chi connectivity index (χ4v) is 3.56. The zero-order chi connectivity index (χ0) is 17.6. The number of aromatic nitrogens is 1. The first-order valence-electron chi connectivity index (χ1n) is 9.16. The van der Waals surface area contributed by atoms with Crippen LogP contribution in [0.1, 0.15) is 53.8 Å².